The molecule has 0 aliphatic rings. The first kappa shape index (κ1) is 12.1. The molecule has 3 rings (SSSR count). The third-order valence-corrected chi connectivity index (χ3v) is 4.30. The maximum atomic E-state index is 10.8. The molecule has 2 aromatic heterocycles. The third kappa shape index (κ3) is 2.56. The molecule has 5 nitrogen and oxygen atoms in total. The molecule has 3 aromatic rings. The van der Waals surface area contributed by atoms with Crippen LogP contribution in [-0.2, 0) is 0 Å². The summed E-state index contributed by atoms with van der Waals surface area (Å²) in [5.74, 6) is -1.08. The lowest BCUT2D eigenvalue weighted by atomic mass is 10.3. The van der Waals surface area contributed by atoms with Gasteiger partial charge in [0, 0.05) is 0 Å². The third-order valence-electron chi connectivity index (χ3n) is 2.30. The van der Waals surface area contributed by atoms with Crippen LogP contribution in [0.25, 0.3) is 10.2 Å². The number of thiazole rings is 1. The van der Waals surface area contributed by atoms with Crippen molar-refractivity contribution in [1.82, 2.24) is 15.0 Å². The average Bonchev–Trinajstić information content (AvgIpc) is 2.81. The number of carbonyl (C=O) groups is 1. The van der Waals surface area contributed by atoms with Crippen molar-refractivity contribution in [3.63, 3.8) is 0 Å². The van der Waals surface area contributed by atoms with Gasteiger partial charge in [0.1, 0.15) is 5.03 Å². The average molecular weight is 289 g/mol. The first-order valence-electron chi connectivity index (χ1n) is 5.31. The van der Waals surface area contributed by atoms with Crippen molar-refractivity contribution in [3.05, 3.63) is 42.4 Å². The molecule has 1 N–H and O–H groups in total. The van der Waals surface area contributed by atoms with E-state index in [-0.39, 0.29) is 5.69 Å². The standard InChI is InChI=1S/C12H7N3O2S2/c16-11(17)8-5-13-6-10(14-8)19-12-15-7-3-1-2-4-9(7)18-12/h1-6H,(H,16,17). The molecule has 1 aromatic carbocycles. The minimum absolute atomic E-state index is 0.0638. The van der Waals surface area contributed by atoms with Gasteiger partial charge in [-0.3, -0.25) is 4.98 Å². The molecule has 0 saturated heterocycles. The number of aromatic nitrogens is 3. The SMILES string of the molecule is O=C(O)c1cncc(Sc2nc3ccccc3s2)n1. The normalized spacial score (nSPS) is 10.7. The molecule has 2 heterocycles. The second kappa shape index (κ2) is 4.94. The number of para-hydroxylation sites is 1. The van der Waals surface area contributed by atoms with Gasteiger partial charge in [-0.2, -0.15) is 0 Å². The highest BCUT2D eigenvalue weighted by molar-refractivity contribution is 8.01. The predicted molar refractivity (Wildman–Crippen MR) is 72.7 cm³/mol. The number of hydrogen-bond acceptors (Lipinski definition) is 6. The molecule has 0 aliphatic heterocycles. The van der Waals surface area contributed by atoms with Crippen molar-refractivity contribution in [1.29, 1.82) is 0 Å². The topological polar surface area (TPSA) is 76.0 Å². The largest absolute Gasteiger partial charge is 0.476 e. The lowest BCUT2D eigenvalue weighted by Gasteiger charge is -1.97. The maximum Gasteiger partial charge on any atom is 0.356 e. The van der Waals surface area contributed by atoms with Gasteiger partial charge in [0.2, 0.25) is 0 Å². The van der Waals surface area contributed by atoms with Crippen LogP contribution in [0, 0.1) is 0 Å². The van der Waals surface area contributed by atoms with Crippen LogP contribution in [0.15, 0.2) is 46.0 Å². The fraction of sp³-hybridized carbons (Fsp3) is 0. The molecular formula is C12H7N3O2S2. The van der Waals surface area contributed by atoms with Crippen LogP contribution >= 0.6 is 23.1 Å². The number of benzene rings is 1. The first-order valence-corrected chi connectivity index (χ1v) is 6.94. The molecule has 0 atom stereocenters. The summed E-state index contributed by atoms with van der Waals surface area (Å²) >= 11 is 2.86. The van der Waals surface area contributed by atoms with Crippen LogP contribution in [0.2, 0.25) is 0 Å². The van der Waals surface area contributed by atoms with E-state index < -0.39 is 5.97 Å². The van der Waals surface area contributed by atoms with Crippen molar-refractivity contribution < 1.29 is 9.90 Å². The summed E-state index contributed by atoms with van der Waals surface area (Å²) in [6.45, 7) is 0. The van der Waals surface area contributed by atoms with Gasteiger partial charge in [-0.1, -0.05) is 12.1 Å². The molecule has 0 bridgehead atoms. The Morgan fingerprint density at radius 1 is 1.21 bits per heavy atom. The van der Waals surface area contributed by atoms with Crippen LogP contribution < -0.4 is 0 Å². The fourth-order valence-electron chi connectivity index (χ4n) is 1.48. The van der Waals surface area contributed by atoms with E-state index in [2.05, 4.69) is 15.0 Å². The van der Waals surface area contributed by atoms with Gasteiger partial charge < -0.3 is 5.11 Å². The van der Waals surface area contributed by atoms with Crippen LogP contribution in [0.1, 0.15) is 10.5 Å². The molecule has 19 heavy (non-hydrogen) atoms. The number of aromatic carboxylic acids is 1. The van der Waals surface area contributed by atoms with E-state index in [9.17, 15) is 4.79 Å². The van der Waals surface area contributed by atoms with Crippen LogP contribution in [-0.4, -0.2) is 26.0 Å². The Morgan fingerprint density at radius 2 is 2.05 bits per heavy atom. The molecule has 0 unspecified atom stereocenters. The zero-order valence-electron chi connectivity index (χ0n) is 9.48. The Kier molecular flexibility index (Phi) is 3.14. The zero-order chi connectivity index (χ0) is 13.2. The summed E-state index contributed by atoms with van der Waals surface area (Å²) in [7, 11) is 0. The minimum atomic E-state index is -1.08. The summed E-state index contributed by atoms with van der Waals surface area (Å²) in [5, 5.41) is 9.39. The van der Waals surface area contributed by atoms with Gasteiger partial charge in [-0.25, -0.2) is 14.8 Å². The number of fused-ring (bicyclic) bond motifs is 1. The van der Waals surface area contributed by atoms with Gasteiger partial charge in [0.05, 0.1) is 22.6 Å². The van der Waals surface area contributed by atoms with Crippen molar-refractivity contribution >= 4 is 39.3 Å². The highest BCUT2D eigenvalue weighted by Crippen LogP contribution is 2.32. The number of rotatable bonds is 3. The highest BCUT2D eigenvalue weighted by Gasteiger charge is 2.10. The van der Waals surface area contributed by atoms with E-state index >= 15 is 0 Å². The quantitative estimate of drug-likeness (QED) is 0.799. The van der Waals surface area contributed by atoms with Crippen LogP contribution in [0.5, 0.6) is 0 Å². The molecule has 0 aliphatic carbocycles. The van der Waals surface area contributed by atoms with Crippen molar-refractivity contribution in [3.8, 4) is 0 Å². The molecular weight excluding hydrogens is 282 g/mol. The Hall–Kier alpha value is -1.99. The van der Waals surface area contributed by atoms with E-state index in [0.717, 1.165) is 14.6 Å². The smallest absolute Gasteiger partial charge is 0.356 e. The summed E-state index contributed by atoms with van der Waals surface area (Å²) < 4.78 is 1.91. The molecule has 94 valence electrons. The molecule has 0 fully saturated rings. The Bertz CT molecular complexity index is 724. The molecule has 0 amide bonds. The summed E-state index contributed by atoms with van der Waals surface area (Å²) in [6, 6.07) is 7.83. The molecule has 0 radical (unpaired) electrons. The van der Waals surface area contributed by atoms with E-state index in [1.807, 2.05) is 24.3 Å². The van der Waals surface area contributed by atoms with Gasteiger partial charge in [-0.15, -0.1) is 11.3 Å². The van der Waals surface area contributed by atoms with E-state index in [4.69, 9.17) is 5.11 Å². The van der Waals surface area contributed by atoms with Crippen LogP contribution in [0.4, 0.5) is 0 Å². The lowest BCUT2D eigenvalue weighted by molar-refractivity contribution is 0.0689. The Labute approximate surface area is 116 Å². The monoisotopic (exact) mass is 289 g/mol. The number of carboxylic acid groups (broad SMARTS) is 1. The Morgan fingerprint density at radius 3 is 2.84 bits per heavy atom. The maximum absolute atomic E-state index is 10.8. The molecule has 0 saturated carbocycles. The Balaban J connectivity index is 1.92. The van der Waals surface area contributed by atoms with Crippen LogP contribution in [0.3, 0.4) is 0 Å². The van der Waals surface area contributed by atoms with Crippen molar-refractivity contribution in [2.24, 2.45) is 0 Å². The summed E-state index contributed by atoms with van der Waals surface area (Å²) in [5.41, 5.74) is 0.864. The lowest BCUT2D eigenvalue weighted by Crippen LogP contribution is -2.01. The van der Waals surface area contributed by atoms with Crippen molar-refractivity contribution in [2.75, 3.05) is 0 Å². The molecule has 7 heteroatoms. The predicted octanol–water partition coefficient (Wildman–Crippen LogP) is 2.94. The first-order chi connectivity index (χ1) is 9.22. The van der Waals surface area contributed by atoms with Crippen molar-refractivity contribution in [2.45, 2.75) is 9.37 Å². The second-order valence-corrected chi connectivity index (χ2v) is 5.90. The van der Waals surface area contributed by atoms with E-state index in [1.54, 1.807) is 11.3 Å². The van der Waals surface area contributed by atoms with Gasteiger partial charge in [-0.05, 0) is 23.9 Å². The van der Waals surface area contributed by atoms with E-state index in [0.29, 0.717) is 5.03 Å². The van der Waals surface area contributed by atoms with Gasteiger partial charge in [0.25, 0.3) is 0 Å². The number of hydrogen-bond donors (Lipinski definition) is 1. The van der Waals surface area contributed by atoms with Gasteiger partial charge in [0.15, 0.2) is 10.0 Å². The fourth-order valence-corrected chi connectivity index (χ4v) is 3.45. The zero-order valence-corrected chi connectivity index (χ0v) is 11.1. The molecule has 0 spiro atoms. The second-order valence-electron chi connectivity index (χ2n) is 3.60. The minimum Gasteiger partial charge on any atom is -0.476 e. The highest BCUT2D eigenvalue weighted by atomic mass is 32.2. The summed E-state index contributed by atoms with van der Waals surface area (Å²) in [6.07, 6.45) is 2.76. The number of carboxylic acids is 1. The summed E-state index contributed by atoms with van der Waals surface area (Å²) in [4.78, 5) is 23.1. The number of nitrogens with zero attached hydrogens (tertiary/aromatic N) is 3. The van der Waals surface area contributed by atoms with E-state index in [1.165, 1.54) is 24.2 Å². The van der Waals surface area contributed by atoms with Gasteiger partial charge >= 0.3 is 5.97 Å².